The molecule has 4 heteroatoms. The molecule has 1 N–H and O–H groups in total. The largest absolute Gasteiger partial charge is 0.497 e. The number of anilines is 1. The average Bonchev–Trinajstić information content (AvgIpc) is 2.20. The van der Waals surface area contributed by atoms with Gasteiger partial charge in [-0.1, -0.05) is 0 Å². The van der Waals surface area contributed by atoms with E-state index in [4.69, 9.17) is 21.1 Å². The Bertz CT molecular complexity index is 315. The highest BCUT2D eigenvalue weighted by Gasteiger charge is 2.08. The number of ether oxygens (including phenoxy) is 2. The third-order valence-corrected chi connectivity index (χ3v) is 2.11. The number of hydrogen-bond donors (Lipinski definition) is 1. The summed E-state index contributed by atoms with van der Waals surface area (Å²) in [7, 11) is 3.25. The van der Waals surface area contributed by atoms with Crippen molar-refractivity contribution in [3.8, 4) is 11.5 Å². The molecular formula is C10H14ClNO2. The average molecular weight is 216 g/mol. The second kappa shape index (κ2) is 4.96. The maximum Gasteiger partial charge on any atom is 0.145 e. The number of halogens is 1. The molecular weight excluding hydrogens is 202 g/mol. The minimum atomic E-state index is 0.351. The molecule has 0 saturated carbocycles. The monoisotopic (exact) mass is 215 g/mol. The lowest BCUT2D eigenvalue weighted by molar-refractivity contribution is 0.395. The summed E-state index contributed by atoms with van der Waals surface area (Å²) in [4.78, 5) is 0. The maximum atomic E-state index is 5.61. The molecule has 0 aliphatic rings. The van der Waals surface area contributed by atoms with Gasteiger partial charge in [-0.05, 0) is 18.6 Å². The number of alkyl halides is 1. The van der Waals surface area contributed by atoms with Crippen molar-refractivity contribution in [2.24, 2.45) is 0 Å². The minimum absolute atomic E-state index is 0.351. The Morgan fingerprint density at radius 2 is 2.00 bits per heavy atom. The van der Waals surface area contributed by atoms with Crippen molar-refractivity contribution in [1.82, 2.24) is 0 Å². The van der Waals surface area contributed by atoms with E-state index in [0.29, 0.717) is 6.00 Å². The van der Waals surface area contributed by atoms with Crippen molar-refractivity contribution in [1.29, 1.82) is 0 Å². The first-order valence-electron chi connectivity index (χ1n) is 4.25. The molecule has 0 aromatic heterocycles. The van der Waals surface area contributed by atoms with E-state index in [-0.39, 0.29) is 0 Å². The highest BCUT2D eigenvalue weighted by atomic mass is 35.5. The summed E-state index contributed by atoms with van der Waals surface area (Å²) in [5, 5.41) is 3.03. The summed E-state index contributed by atoms with van der Waals surface area (Å²) in [5.41, 5.74) is 1.95. The number of aryl methyl sites for hydroxylation is 1. The Morgan fingerprint density at radius 3 is 2.50 bits per heavy atom. The van der Waals surface area contributed by atoms with Crippen molar-refractivity contribution in [2.45, 2.75) is 6.92 Å². The fraction of sp³-hybridized carbons (Fsp3) is 0.400. The topological polar surface area (TPSA) is 30.5 Å². The van der Waals surface area contributed by atoms with Gasteiger partial charge in [0.25, 0.3) is 0 Å². The van der Waals surface area contributed by atoms with Gasteiger partial charge >= 0.3 is 0 Å². The Balaban J connectivity index is 3.13. The quantitative estimate of drug-likeness (QED) is 0.619. The van der Waals surface area contributed by atoms with Gasteiger partial charge in [-0.15, -0.1) is 11.6 Å². The SMILES string of the molecule is COc1cc(C)c(NCCl)c(OC)c1. The first-order chi connectivity index (χ1) is 6.72. The summed E-state index contributed by atoms with van der Waals surface area (Å²) < 4.78 is 10.3. The summed E-state index contributed by atoms with van der Waals surface area (Å²) in [5.74, 6) is 1.52. The molecule has 1 aromatic carbocycles. The van der Waals surface area contributed by atoms with E-state index >= 15 is 0 Å². The molecule has 78 valence electrons. The molecule has 0 spiro atoms. The lowest BCUT2D eigenvalue weighted by Gasteiger charge is -2.13. The predicted octanol–water partition coefficient (Wildman–Crippen LogP) is 2.62. The number of benzene rings is 1. The predicted molar refractivity (Wildman–Crippen MR) is 58.6 cm³/mol. The Labute approximate surface area is 89.0 Å². The third-order valence-electron chi connectivity index (χ3n) is 1.97. The highest BCUT2D eigenvalue weighted by molar-refractivity contribution is 6.18. The molecule has 0 atom stereocenters. The fourth-order valence-electron chi connectivity index (χ4n) is 1.30. The smallest absolute Gasteiger partial charge is 0.145 e. The molecule has 0 unspecified atom stereocenters. The highest BCUT2D eigenvalue weighted by Crippen LogP contribution is 2.32. The zero-order valence-electron chi connectivity index (χ0n) is 8.56. The summed E-state index contributed by atoms with van der Waals surface area (Å²) in [6.45, 7) is 1.97. The van der Waals surface area contributed by atoms with Crippen molar-refractivity contribution < 1.29 is 9.47 Å². The van der Waals surface area contributed by atoms with E-state index in [1.165, 1.54) is 0 Å². The molecule has 0 fully saturated rings. The molecule has 0 aliphatic heterocycles. The van der Waals surface area contributed by atoms with Gasteiger partial charge in [0.2, 0.25) is 0 Å². The van der Waals surface area contributed by atoms with Crippen LogP contribution in [0.2, 0.25) is 0 Å². The number of rotatable bonds is 4. The second-order valence-corrected chi connectivity index (χ2v) is 3.10. The van der Waals surface area contributed by atoms with E-state index in [1.807, 2.05) is 19.1 Å². The van der Waals surface area contributed by atoms with Gasteiger partial charge in [0.15, 0.2) is 0 Å². The molecule has 0 amide bonds. The maximum absolute atomic E-state index is 5.61. The van der Waals surface area contributed by atoms with Crippen LogP contribution in [-0.4, -0.2) is 20.2 Å². The van der Waals surface area contributed by atoms with Gasteiger partial charge in [0.1, 0.15) is 11.5 Å². The number of nitrogens with one attached hydrogen (secondary N) is 1. The summed E-state index contributed by atoms with van der Waals surface area (Å²) in [6, 6.07) is 4.10. The van der Waals surface area contributed by atoms with Crippen molar-refractivity contribution >= 4 is 17.3 Å². The van der Waals surface area contributed by atoms with E-state index in [9.17, 15) is 0 Å². The molecule has 0 saturated heterocycles. The zero-order chi connectivity index (χ0) is 10.6. The normalized spacial score (nSPS) is 9.71. The van der Waals surface area contributed by atoms with Gasteiger partial charge in [0.05, 0.1) is 25.9 Å². The first kappa shape index (κ1) is 11.0. The number of methoxy groups -OCH3 is 2. The van der Waals surface area contributed by atoms with Crippen LogP contribution in [-0.2, 0) is 0 Å². The molecule has 1 rings (SSSR count). The first-order valence-corrected chi connectivity index (χ1v) is 4.78. The molecule has 0 aliphatic carbocycles. The fourth-order valence-corrected chi connectivity index (χ4v) is 1.43. The van der Waals surface area contributed by atoms with Crippen LogP contribution < -0.4 is 14.8 Å². The summed E-state index contributed by atoms with van der Waals surface area (Å²) >= 11 is 5.61. The van der Waals surface area contributed by atoms with Crippen LogP contribution in [0.3, 0.4) is 0 Å². The molecule has 0 radical (unpaired) electrons. The zero-order valence-corrected chi connectivity index (χ0v) is 9.31. The van der Waals surface area contributed by atoms with Crippen LogP contribution >= 0.6 is 11.6 Å². The lowest BCUT2D eigenvalue weighted by atomic mass is 10.1. The van der Waals surface area contributed by atoms with E-state index in [2.05, 4.69) is 5.32 Å². The van der Waals surface area contributed by atoms with Crippen molar-refractivity contribution in [3.63, 3.8) is 0 Å². The van der Waals surface area contributed by atoms with Gasteiger partial charge in [-0.2, -0.15) is 0 Å². The van der Waals surface area contributed by atoms with Gasteiger partial charge < -0.3 is 14.8 Å². The molecule has 14 heavy (non-hydrogen) atoms. The molecule has 0 heterocycles. The summed E-state index contributed by atoms with van der Waals surface area (Å²) in [6.07, 6.45) is 0. The molecule has 0 bridgehead atoms. The van der Waals surface area contributed by atoms with E-state index < -0.39 is 0 Å². The van der Waals surface area contributed by atoms with Gasteiger partial charge in [0, 0.05) is 6.07 Å². The van der Waals surface area contributed by atoms with Gasteiger partial charge in [-0.3, -0.25) is 0 Å². The van der Waals surface area contributed by atoms with Crippen LogP contribution in [0, 0.1) is 6.92 Å². The Hall–Kier alpha value is -1.09. The Kier molecular flexibility index (Phi) is 3.89. The van der Waals surface area contributed by atoms with Crippen LogP contribution in [0.1, 0.15) is 5.56 Å². The van der Waals surface area contributed by atoms with E-state index in [0.717, 1.165) is 22.7 Å². The second-order valence-electron chi connectivity index (χ2n) is 2.83. The van der Waals surface area contributed by atoms with Crippen LogP contribution in [0.15, 0.2) is 12.1 Å². The van der Waals surface area contributed by atoms with Crippen LogP contribution in [0.4, 0.5) is 5.69 Å². The molecule has 3 nitrogen and oxygen atoms in total. The van der Waals surface area contributed by atoms with Gasteiger partial charge in [-0.25, -0.2) is 0 Å². The molecule has 1 aromatic rings. The van der Waals surface area contributed by atoms with Crippen molar-refractivity contribution in [3.05, 3.63) is 17.7 Å². The standard InChI is InChI=1S/C10H14ClNO2/c1-7-4-8(13-2)5-9(14-3)10(7)12-6-11/h4-5,12H,6H2,1-3H3. The van der Waals surface area contributed by atoms with Crippen LogP contribution in [0.25, 0.3) is 0 Å². The number of hydrogen-bond acceptors (Lipinski definition) is 3. The lowest BCUT2D eigenvalue weighted by Crippen LogP contribution is -2.00. The third kappa shape index (κ3) is 2.23. The van der Waals surface area contributed by atoms with E-state index in [1.54, 1.807) is 14.2 Å². The van der Waals surface area contributed by atoms with Crippen molar-refractivity contribution in [2.75, 3.05) is 25.5 Å². The van der Waals surface area contributed by atoms with Crippen LogP contribution in [0.5, 0.6) is 11.5 Å². The Morgan fingerprint density at radius 1 is 1.29 bits per heavy atom. The minimum Gasteiger partial charge on any atom is -0.497 e.